The van der Waals surface area contributed by atoms with Crippen LogP contribution in [0.4, 0.5) is 11.4 Å². The van der Waals surface area contributed by atoms with Gasteiger partial charge in [-0.2, -0.15) is 0 Å². The molecule has 1 aliphatic rings. The van der Waals surface area contributed by atoms with E-state index in [-0.39, 0.29) is 17.1 Å². The molecule has 174 valence electrons. The number of benzene rings is 2. The van der Waals surface area contributed by atoms with Crippen LogP contribution in [-0.4, -0.2) is 34.7 Å². The van der Waals surface area contributed by atoms with Gasteiger partial charge in [0.1, 0.15) is 5.75 Å². The van der Waals surface area contributed by atoms with E-state index in [0.29, 0.717) is 30.8 Å². The van der Waals surface area contributed by atoms with Crippen LogP contribution in [0.15, 0.2) is 65.6 Å². The number of thioether (sulfide) groups is 1. The number of rotatable bonds is 9. The fourth-order valence-electron chi connectivity index (χ4n) is 3.53. The molecule has 3 unspecified atom stereocenters. The van der Waals surface area contributed by atoms with E-state index in [1.165, 1.54) is 11.8 Å². The molecule has 3 N–H and O–H groups in total. The van der Waals surface area contributed by atoms with Gasteiger partial charge >= 0.3 is 5.97 Å². The van der Waals surface area contributed by atoms with Crippen molar-refractivity contribution < 1.29 is 24.2 Å². The second kappa shape index (κ2) is 11.6. The Morgan fingerprint density at radius 2 is 1.55 bits per heavy atom. The fraction of sp³-hybridized carbons (Fsp3) is 0.320. The Labute approximate surface area is 197 Å². The molecular formula is C25H28N2O5S. The van der Waals surface area contributed by atoms with Crippen molar-refractivity contribution in [3.05, 3.63) is 60.7 Å². The van der Waals surface area contributed by atoms with Gasteiger partial charge in [0.05, 0.1) is 23.7 Å². The number of nitrogens with one attached hydrogen (secondary N) is 2. The Morgan fingerprint density at radius 1 is 0.970 bits per heavy atom. The van der Waals surface area contributed by atoms with E-state index in [9.17, 15) is 19.5 Å². The zero-order valence-electron chi connectivity index (χ0n) is 18.6. The molecule has 3 rings (SSSR count). The summed E-state index contributed by atoms with van der Waals surface area (Å²) >= 11 is 1.41. The Balaban J connectivity index is 1.53. The Bertz CT molecular complexity index is 1000. The van der Waals surface area contributed by atoms with Gasteiger partial charge in [-0.25, -0.2) is 0 Å². The average Bonchev–Trinajstić information content (AvgIpc) is 2.81. The van der Waals surface area contributed by atoms with Gasteiger partial charge in [0.15, 0.2) is 0 Å². The smallest absolute Gasteiger partial charge is 0.307 e. The zero-order valence-corrected chi connectivity index (χ0v) is 19.4. The van der Waals surface area contributed by atoms with Gasteiger partial charge in [-0.3, -0.25) is 14.4 Å². The van der Waals surface area contributed by atoms with Crippen LogP contribution in [0.25, 0.3) is 0 Å². The molecule has 0 spiro atoms. The molecule has 33 heavy (non-hydrogen) atoms. The van der Waals surface area contributed by atoms with E-state index in [1.54, 1.807) is 24.3 Å². The van der Waals surface area contributed by atoms with Crippen LogP contribution >= 0.6 is 11.8 Å². The van der Waals surface area contributed by atoms with Crippen LogP contribution in [0, 0.1) is 11.8 Å². The Morgan fingerprint density at radius 3 is 2.15 bits per heavy atom. The minimum absolute atomic E-state index is 0.119. The van der Waals surface area contributed by atoms with E-state index in [2.05, 4.69) is 10.6 Å². The zero-order chi connectivity index (χ0) is 23.8. The number of anilines is 2. The molecular weight excluding hydrogens is 440 g/mol. The number of carbonyl (C=O) groups is 3. The first kappa shape index (κ1) is 24.4. The summed E-state index contributed by atoms with van der Waals surface area (Å²) in [5, 5.41) is 14.7. The molecule has 2 aromatic rings. The summed E-state index contributed by atoms with van der Waals surface area (Å²) in [6.07, 6.45) is 4.43. The van der Waals surface area contributed by atoms with E-state index < -0.39 is 17.8 Å². The van der Waals surface area contributed by atoms with Gasteiger partial charge in [0, 0.05) is 16.3 Å². The summed E-state index contributed by atoms with van der Waals surface area (Å²) in [7, 11) is 0. The predicted molar refractivity (Wildman–Crippen MR) is 130 cm³/mol. The third kappa shape index (κ3) is 6.86. The number of carboxylic acids is 1. The fourth-order valence-corrected chi connectivity index (χ4v) is 4.40. The van der Waals surface area contributed by atoms with Gasteiger partial charge in [-0.1, -0.05) is 12.2 Å². The molecule has 0 heterocycles. The molecule has 0 radical (unpaired) electrons. The monoisotopic (exact) mass is 468 g/mol. The SMILES string of the molecule is CCOc1ccc(NC(=O)C(C)Sc2ccc(NC(=O)C3CC=CCC3C(=O)O)cc2)cc1. The summed E-state index contributed by atoms with van der Waals surface area (Å²) in [5.41, 5.74) is 1.29. The lowest BCUT2D eigenvalue weighted by Gasteiger charge is -2.24. The first-order chi connectivity index (χ1) is 15.9. The summed E-state index contributed by atoms with van der Waals surface area (Å²) in [6, 6.07) is 14.4. The Hall–Kier alpha value is -3.26. The van der Waals surface area contributed by atoms with Gasteiger partial charge in [-0.05, 0) is 75.2 Å². The molecule has 0 aliphatic heterocycles. The van der Waals surface area contributed by atoms with E-state index in [0.717, 1.165) is 10.6 Å². The van der Waals surface area contributed by atoms with Crippen molar-refractivity contribution in [2.24, 2.45) is 11.8 Å². The number of ether oxygens (including phenoxy) is 1. The first-order valence-electron chi connectivity index (χ1n) is 10.9. The second-order valence-electron chi connectivity index (χ2n) is 7.71. The largest absolute Gasteiger partial charge is 0.494 e. The quantitative estimate of drug-likeness (QED) is 0.360. The topological polar surface area (TPSA) is 105 Å². The molecule has 0 bridgehead atoms. The van der Waals surface area contributed by atoms with Gasteiger partial charge < -0.3 is 20.5 Å². The van der Waals surface area contributed by atoms with Crippen LogP contribution in [0.1, 0.15) is 26.7 Å². The summed E-state index contributed by atoms with van der Waals surface area (Å²) in [6.45, 7) is 4.33. The van der Waals surface area contributed by atoms with Crippen LogP contribution in [-0.2, 0) is 14.4 Å². The third-order valence-corrected chi connectivity index (χ3v) is 6.44. The molecule has 2 amide bonds. The number of amides is 2. The van der Waals surface area contributed by atoms with Gasteiger partial charge in [0.2, 0.25) is 11.8 Å². The highest BCUT2D eigenvalue weighted by molar-refractivity contribution is 8.00. The minimum Gasteiger partial charge on any atom is -0.494 e. The Kier molecular flexibility index (Phi) is 8.54. The number of hydrogen-bond donors (Lipinski definition) is 3. The number of carbonyl (C=O) groups excluding carboxylic acids is 2. The number of hydrogen-bond acceptors (Lipinski definition) is 5. The standard InChI is InChI=1S/C25H28N2O5S/c1-3-32-19-12-8-17(9-13-19)26-23(28)16(2)33-20-14-10-18(11-15-20)27-24(29)21-6-4-5-7-22(21)25(30)31/h4-5,8-16,21-22H,3,6-7H2,1-2H3,(H,26,28)(H,27,29)(H,30,31). The van der Waals surface area contributed by atoms with Crippen molar-refractivity contribution in [3.63, 3.8) is 0 Å². The van der Waals surface area contributed by atoms with Crippen molar-refractivity contribution in [3.8, 4) is 5.75 Å². The maximum atomic E-state index is 12.6. The maximum Gasteiger partial charge on any atom is 0.307 e. The van der Waals surface area contributed by atoms with Crippen molar-refractivity contribution in [1.82, 2.24) is 0 Å². The van der Waals surface area contributed by atoms with Crippen molar-refractivity contribution in [1.29, 1.82) is 0 Å². The van der Waals surface area contributed by atoms with E-state index in [4.69, 9.17) is 4.74 Å². The highest BCUT2D eigenvalue weighted by Crippen LogP contribution is 2.29. The number of aliphatic carboxylic acids is 1. The lowest BCUT2D eigenvalue weighted by atomic mass is 9.82. The third-order valence-electron chi connectivity index (χ3n) is 5.32. The number of allylic oxidation sites excluding steroid dienone is 2. The van der Waals surface area contributed by atoms with Gasteiger partial charge in [0.25, 0.3) is 0 Å². The molecule has 0 aromatic heterocycles. The van der Waals surface area contributed by atoms with Crippen molar-refractivity contribution in [2.45, 2.75) is 36.8 Å². The molecule has 0 saturated carbocycles. The summed E-state index contributed by atoms with van der Waals surface area (Å²) in [5.74, 6) is -1.92. The van der Waals surface area contributed by atoms with Crippen LogP contribution < -0.4 is 15.4 Å². The molecule has 2 aromatic carbocycles. The number of carboxylic acid groups (broad SMARTS) is 1. The summed E-state index contributed by atoms with van der Waals surface area (Å²) in [4.78, 5) is 37.4. The molecule has 1 aliphatic carbocycles. The van der Waals surface area contributed by atoms with E-state index in [1.807, 2.05) is 50.3 Å². The van der Waals surface area contributed by atoms with Crippen molar-refractivity contribution >= 4 is 40.9 Å². The lowest BCUT2D eigenvalue weighted by Crippen LogP contribution is -2.34. The van der Waals surface area contributed by atoms with Crippen molar-refractivity contribution in [2.75, 3.05) is 17.2 Å². The summed E-state index contributed by atoms with van der Waals surface area (Å²) < 4.78 is 5.40. The average molecular weight is 469 g/mol. The predicted octanol–water partition coefficient (Wildman–Crippen LogP) is 4.81. The molecule has 3 atom stereocenters. The van der Waals surface area contributed by atoms with E-state index >= 15 is 0 Å². The molecule has 8 heteroatoms. The lowest BCUT2D eigenvalue weighted by molar-refractivity contribution is -0.146. The normalized spacial score (nSPS) is 18.2. The molecule has 0 fully saturated rings. The van der Waals surface area contributed by atoms with Crippen LogP contribution in [0.3, 0.4) is 0 Å². The second-order valence-corrected chi connectivity index (χ2v) is 9.13. The van der Waals surface area contributed by atoms with Crippen LogP contribution in [0.5, 0.6) is 5.75 Å². The first-order valence-corrected chi connectivity index (χ1v) is 11.7. The highest BCUT2D eigenvalue weighted by Gasteiger charge is 2.33. The highest BCUT2D eigenvalue weighted by atomic mass is 32.2. The van der Waals surface area contributed by atoms with Gasteiger partial charge in [-0.15, -0.1) is 11.8 Å². The maximum absolute atomic E-state index is 12.6. The molecule has 0 saturated heterocycles. The molecule has 7 nitrogen and oxygen atoms in total. The minimum atomic E-state index is -0.955. The van der Waals surface area contributed by atoms with Crippen LogP contribution in [0.2, 0.25) is 0 Å².